The summed E-state index contributed by atoms with van der Waals surface area (Å²) < 4.78 is 10.6. The van der Waals surface area contributed by atoms with Crippen LogP contribution in [0.2, 0.25) is 0 Å². The molecule has 0 aliphatic rings. The first-order valence-corrected chi connectivity index (χ1v) is 7.11. The number of hydrogen-bond donors (Lipinski definition) is 0. The molecule has 0 amide bonds. The molecule has 0 spiro atoms. The van der Waals surface area contributed by atoms with E-state index in [1.165, 1.54) is 0 Å². The van der Waals surface area contributed by atoms with Gasteiger partial charge in [-0.25, -0.2) is 0 Å². The summed E-state index contributed by atoms with van der Waals surface area (Å²) in [6.45, 7) is 12.3. The van der Waals surface area contributed by atoms with Gasteiger partial charge in [-0.1, -0.05) is 13.8 Å². The van der Waals surface area contributed by atoms with Gasteiger partial charge in [0, 0.05) is 6.42 Å². The first-order valence-electron chi connectivity index (χ1n) is 7.11. The molecule has 0 aromatic carbocycles. The van der Waals surface area contributed by atoms with Gasteiger partial charge in [0.25, 0.3) is 0 Å². The van der Waals surface area contributed by atoms with Crippen LogP contribution in [0.25, 0.3) is 0 Å². The number of nitrogens with zero attached hydrogens (tertiary/aromatic N) is 1. The molecule has 0 aliphatic carbocycles. The fraction of sp³-hybridized carbons (Fsp3) is 0.867. The molecule has 0 saturated carbocycles. The topological polar surface area (TPSA) is 55.8 Å². The summed E-state index contributed by atoms with van der Waals surface area (Å²) in [6.07, 6.45) is 0.341. The van der Waals surface area contributed by atoms with Crippen molar-refractivity contribution in [3.8, 4) is 0 Å². The lowest BCUT2D eigenvalue weighted by molar-refractivity contribution is -0.160. The van der Waals surface area contributed by atoms with Crippen LogP contribution in [0.3, 0.4) is 0 Å². The molecule has 1 atom stereocenters. The van der Waals surface area contributed by atoms with Crippen LogP contribution in [0, 0.1) is 5.41 Å². The van der Waals surface area contributed by atoms with E-state index in [0.29, 0.717) is 6.42 Å². The van der Waals surface area contributed by atoms with Gasteiger partial charge in [-0.05, 0) is 41.3 Å². The highest BCUT2D eigenvalue weighted by molar-refractivity contribution is 5.75. The first kappa shape index (κ1) is 18.9. The van der Waals surface area contributed by atoms with Crippen molar-refractivity contribution in [2.24, 2.45) is 5.41 Å². The van der Waals surface area contributed by atoms with E-state index in [1.807, 2.05) is 46.6 Å². The monoisotopic (exact) mass is 287 g/mol. The van der Waals surface area contributed by atoms with Crippen molar-refractivity contribution < 1.29 is 19.1 Å². The van der Waals surface area contributed by atoms with Gasteiger partial charge in [-0.2, -0.15) is 0 Å². The summed E-state index contributed by atoms with van der Waals surface area (Å²) in [4.78, 5) is 25.2. The summed E-state index contributed by atoms with van der Waals surface area (Å²) in [5.41, 5.74) is -1.05. The number of carbonyl (C=O) groups is 2. The van der Waals surface area contributed by atoms with E-state index in [-0.39, 0.29) is 25.2 Å². The lowest BCUT2D eigenvalue weighted by Crippen LogP contribution is -2.52. The number of ether oxygens (including phenoxy) is 2. The number of carbonyl (C=O) groups excluding carboxylic acids is 2. The Labute approximate surface area is 122 Å². The first-order chi connectivity index (χ1) is 9.06. The molecule has 0 aromatic rings. The van der Waals surface area contributed by atoms with Crippen LogP contribution >= 0.6 is 0 Å². The molecule has 0 heterocycles. The predicted octanol–water partition coefficient (Wildman–Crippen LogP) is 2.24. The number of esters is 2. The molecule has 0 bridgehead atoms. The van der Waals surface area contributed by atoms with E-state index in [9.17, 15) is 9.59 Å². The van der Waals surface area contributed by atoms with Gasteiger partial charge in [-0.3, -0.25) is 14.5 Å². The van der Waals surface area contributed by atoms with Crippen molar-refractivity contribution in [1.29, 1.82) is 0 Å². The zero-order valence-electron chi connectivity index (χ0n) is 13.9. The largest absolute Gasteiger partial charge is 0.464 e. The molecule has 5 heteroatoms. The lowest BCUT2D eigenvalue weighted by Gasteiger charge is -2.37. The summed E-state index contributed by atoms with van der Waals surface area (Å²) in [6, 6.07) is 0. The number of rotatable bonds is 7. The molecule has 20 heavy (non-hydrogen) atoms. The summed E-state index contributed by atoms with van der Waals surface area (Å²) in [5, 5.41) is 0. The van der Waals surface area contributed by atoms with Gasteiger partial charge >= 0.3 is 11.9 Å². The predicted molar refractivity (Wildman–Crippen MR) is 78.4 cm³/mol. The van der Waals surface area contributed by atoms with Gasteiger partial charge in [0.1, 0.15) is 13.2 Å². The van der Waals surface area contributed by atoms with Gasteiger partial charge in [0.2, 0.25) is 0 Å². The Morgan fingerprint density at radius 1 is 1.00 bits per heavy atom. The second-order valence-electron chi connectivity index (χ2n) is 6.35. The van der Waals surface area contributed by atoms with Gasteiger partial charge in [0.05, 0.1) is 11.0 Å². The Hall–Kier alpha value is -1.10. The molecule has 0 radical (unpaired) electrons. The minimum Gasteiger partial charge on any atom is -0.464 e. The Morgan fingerprint density at radius 3 is 1.90 bits per heavy atom. The smallest absolute Gasteiger partial charge is 0.311 e. The normalized spacial score (nSPS) is 14.8. The maximum absolute atomic E-state index is 11.9. The van der Waals surface area contributed by atoms with Crippen LogP contribution in [-0.2, 0) is 19.1 Å². The molecule has 0 aromatic heterocycles. The SMILES string of the molecule is CCC(=O)OCC(C)(COC(=O)C(C)(C)C)N(C)CC. The molecule has 0 aliphatic heterocycles. The average molecular weight is 287 g/mol. The minimum atomic E-state index is -0.536. The van der Waals surface area contributed by atoms with Crippen LogP contribution < -0.4 is 0 Å². The Balaban J connectivity index is 4.71. The molecule has 0 saturated heterocycles. The summed E-state index contributed by atoms with van der Waals surface area (Å²) >= 11 is 0. The van der Waals surface area contributed by atoms with Crippen LogP contribution in [0.15, 0.2) is 0 Å². The zero-order chi connectivity index (χ0) is 16.0. The molecular weight excluding hydrogens is 258 g/mol. The number of likely N-dealkylation sites (N-methyl/N-ethyl adjacent to an activating group) is 1. The van der Waals surface area contributed by atoms with Crippen LogP contribution in [0.5, 0.6) is 0 Å². The van der Waals surface area contributed by atoms with E-state index < -0.39 is 11.0 Å². The Bertz CT molecular complexity index is 335. The molecule has 1 unspecified atom stereocenters. The third-order valence-electron chi connectivity index (χ3n) is 3.36. The zero-order valence-corrected chi connectivity index (χ0v) is 13.9. The second kappa shape index (κ2) is 7.62. The summed E-state index contributed by atoms with van der Waals surface area (Å²) in [5.74, 6) is -0.502. The molecule has 0 rings (SSSR count). The van der Waals surface area contributed by atoms with Crippen molar-refractivity contribution in [2.45, 2.75) is 53.5 Å². The van der Waals surface area contributed by atoms with E-state index in [4.69, 9.17) is 9.47 Å². The highest BCUT2D eigenvalue weighted by atomic mass is 16.5. The maximum atomic E-state index is 11.9. The van der Waals surface area contributed by atoms with Gasteiger partial charge < -0.3 is 9.47 Å². The maximum Gasteiger partial charge on any atom is 0.311 e. The van der Waals surface area contributed by atoms with E-state index in [1.54, 1.807) is 6.92 Å². The molecule has 0 N–H and O–H groups in total. The summed E-state index contributed by atoms with van der Waals surface area (Å²) in [7, 11) is 1.92. The van der Waals surface area contributed by atoms with Crippen molar-refractivity contribution in [3.63, 3.8) is 0 Å². The van der Waals surface area contributed by atoms with Crippen molar-refractivity contribution in [2.75, 3.05) is 26.8 Å². The van der Waals surface area contributed by atoms with Crippen LogP contribution in [-0.4, -0.2) is 49.2 Å². The fourth-order valence-electron chi connectivity index (χ4n) is 1.42. The Morgan fingerprint density at radius 2 is 1.50 bits per heavy atom. The van der Waals surface area contributed by atoms with Gasteiger partial charge in [-0.15, -0.1) is 0 Å². The highest BCUT2D eigenvalue weighted by Gasteiger charge is 2.34. The average Bonchev–Trinajstić information content (AvgIpc) is 2.39. The lowest BCUT2D eigenvalue weighted by atomic mass is 9.97. The molecular formula is C15H29NO4. The van der Waals surface area contributed by atoms with Crippen LogP contribution in [0.1, 0.15) is 48.0 Å². The second-order valence-corrected chi connectivity index (χ2v) is 6.35. The van der Waals surface area contributed by atoms with E-state index in [0.717, 1.165) is 6.54 Å². The number of hydrogen-bond acceptors (Lipinski definition) is 5. The third-order valence-corrected chi connectivity index (χ3v) is 3.36. The van der Waals surface area contributed by atoms with Crippen molar-refractivity contribution in [3.05, 3.63) is 0 Å². The van der Waals surface area contributed by atoms with Crippen LogP contribution in [0.4, 0.5) is 0 Å². The van der Waals surface area contributed by atoms with Gasteiger partial charge in [0.15, 0.2) is 0 Å². The highest BCUT2D eigenvalue weighted by Crippen LogP contribution is 2.19. The standard InChI is InChI=1S/C15H29NO4/c1-8-12(17)19-10-15(6,16(7)9-2)11-20-13(18)14(3,4)5/h8-11H2,1-7H3. The molecule has 5 nitrogen and oxygen atoms in total. The van der Waals surface area contributed by atoms with E-state index in [2.05, 4.69) is 0 Å². The van der Waals surface area contributed by atoms with Crippen molar-refractivity contribution in [1.82, 2.24) is 4.90 Å². The molecule has 118 valence electrons. The third kappa shape index (κ3) is 5.90. The quantitative estimate of drug-likeness (QED) is 0.672. The van der Waals surface area contributed by atoms with Crippen molar-refractivity contribution >= 4 is 11.9 Å². The van der Waals surface area contributed by atoms with E-state index >= 15 is 0 Å². The fourth-order valence-corrected chi connectivity index (χ4v) is 1.42. The Kier molecular flexibility index (Phi) is 7.20. The molecule has 0 fully saturated rings. The minimum absolute atomic E-state index is 0.199.